The van der Waals surface area contributed by atoms with Gasteiger partial charge < -0.3 is 5.32 Å². The van der Waals surface area contributed by atoms with E-state index in [1.165, 1.54) is 16.9 Å². The molecule has 2 aromatic carbocycles. The summed E-state index contributed by atoms with van der Waals surface area (Å²) in [4.78, 5) is 31.4. The maximum Gasteiger partial charge on any atom is 0.274 e. The van der Waals surface area contributed by atoms with Gasteiger partial charge in [0.25, 0.3) is 5.91 Å². The first-order valence-electron chi connectivity index (χ1n) is 13.1. The first-order chi connectivity index (χ1) is 19.4. The molecule has 2 amide bonds. The van der Waals surface area contributed by atoms with E-state index < -0.39 is 11.9 Å². The van der Waals surface area contributed by atoms with E-state index in [-0.39, 0.29) is 18.9 Å². The number of carbonyl (C=O) groups excluding carboxylic acids is 2. The molecule has 0 bridgehead atoms. The molecule has 2 aromatic heterocycles. The Morgan fingerprint density at radius 1 is 1.07 bits per heavy atom. The molecule has 2 aliphatic rings. The van der Waals surface area contributed by atoms with Crippen molar-refractivity contribution in [3.63, 3.8) is 0 Å². The van der Waals surface area contributed by atoms with Crippen molar-refractivity contribution >= 4 is 40.5 Å². The summed E-state index contributed by atoms with van der Waals surface area (Å²) >= 11 is 8.00. The second-order valence-corrected chi connectivity index (χ2v) is 11.5. The van der Waals surface area contributed by atoms with E-state index in [0.29, 0.717) is 16.4 Å². The van der Waals surface area contributed by atoms with Gasteiger partial charge in [-0.25, -0.2) is 5.48 Å². The number of benzene rings is 2. The van der Waals surface area contributed by atoms with Crippen molar-refractivity contribution in [1.29, 1.82) is 0 Å². The predicted octanol–water partition coefficient (Wildman–Crippen LogP) is 4.89. The van der Waals surface area contributed by atoms with Crippen LogP contribution < -0.4 is 10.8 Å². The Morgan fingerprint density at radius 3 is 2.58 bits per heavy atom. The summed E-state index contributed by atoms with van der Waals surface area (Å²) in [5.41, 5.74) is 7.01. The minimum absolute atomic E-state index is 0.0946. The molecular formula is C29H27ClN6O3S. The van der Waals surface area contributed by atoms with Crippen LogP contribution in [0.5, 0.6) is 0 Å². The number of nitrogens with zero attached hydrogens (tertiary/aromatic N) is 4. The van der Waals surface area contributed by atoms with E-state index in [1.54, 1.807) is 41.1 Å². The molecule has 0 spiro atoms. The lowest BCUT2D eigenvalue weighted by Crippen LogP contribution is -2.25. The number of aryl methyl sites for hydroxylation is 2. The molecule has 6 rings (SSSR count). The van der Waals surface area contributed by atoms with Crippen molar-refractivity contribution in [3.8, 4) is 5.00 Å². The summed E-state index contributed by atoms with van der Waals surface area (Å²) in [5.74, 6) is 0.643. The second-order valence-electron chi connectivity index (χ2n) is 9.95. The Labute approximate surface area is 239 Å². The third kappa shape index (κ3) is 4.94. The zero-order chi connectivity index (χ0) is 27.8. The highest BCUT2D eigenvalue weighted by molar-refractivity contribution is 7.15. The fraction of sp³-hybridized carbons (Fsp3) is 0.276. The number of halogens is 1. The fourth-order valence-corrected chi connectivity index (χ4v) is 6.90. The summed E-state index contributed by atoms with van der Waals surface area (Å²) in [7, 11) is 0. The normalized spacial score (nSPS) is 15.8. The number of hydroxylamine groups is 1. The van der Waals surface area contributed by atoms with E-state index >= 15 is 0 Å². The zero-order valence-corrected chi connectivity index (χ0v) is 23.3. The van der Waals surface area contributed by atoms with Crippen LogP contribution in [0.1, 0.15) is 74.4 Å². The van der Waals surface area contributed by atoms with Gasteiger partial charge in [-0.1, -0.05) is 35.9 Å². The van der Waals surface area contributed by atoms with Crippen LogP contribution in [-0.4, -0.2) is 37.5 Å². The number of hydrogen-bond acceptors (Lipinski definition) is 7. The Balaban J connectivity index is 1.34. The minimum Gasteiger partial charge on any atom is -0.352 e. The summed E-state index contributed by atoms with van der Waals surface area (Å²) < 4.78 is 2.08. The standard InChI is InChI=1S/C29H27ClN6O3S/c1-16-33-34-27-22(14-24(37)31-15-17-6-8-19(9-7-17)28(38)35-39)32-26(18-10-12-20(30)13-11-18)25-21-4-2-3-5-23(21)40-29(25)36(16)27/h6-13,22,39H,2-5,14-15H2,1H3,(H,31,37)(H,35,38)/t22-/m0/s1. The quantitative estimate of drug-likeness (QED) is 0.224. The lowest BCUT2D eigenvalue weighted by atomic mass is 9.91. The predicted molar refractivity (Wildman–Crippen MR) is 153 cm³/mol. The lowest BCUT2D eigenvalue weighted by Gasteiger charge is -2.16. The average Bonchev–Trinajstić information content (AvgIpc) is 3.51. The second kappa shape index (κ2) is 11.0. The van der Waals surface area contributed by atoms with Crippen LogP contribution in [0.25, 0.3) is 5.00 Å². The molecule has 40 heavy (non-hydrogen) atoms. The Bertz CT molecular complexity index is 1620. The summed E-state index contributed by atoms with van der Waals surface area (Å²) in [6, 6.07) is 13.8. The van der Waals surface area contributed by atoms with Crippen LogP contribution in [0, 0.1) is 6.92 Å². The highest BCUT2D eigenvalue weighted by atomic mass is 35.5. The molecule has 0 unspecified atom stereocenters. The van der Waals surface area contributed by atoms with Crippen LogP contribution in [0.4, 0.5) is 0 Å². The molecule has 1 aliphatic carbocycles. The maximum absolute atomic E-state index is 13.2. The van der Waals surface area contributed by atoms with Crippen molar-refractivity contribution in [2.45, 2.75) is 51.6 Å². The molecule has 9 nitrogen and oxygen atoms in total. The first kappa shape index (κ1) is 26.4. The largest absolute Gasteiger partial charge is 0.352 e. The number of rotatable bonds is 6. The molecule has 1 aliphatic heterocycles. The van der Waals surface area contributed by atoms with Crippen LogP contribution in [-0.2, 0) is 24.2 Å². The maximum atomic E-state index is 13.2. The van der Waals surface area contributed by atoms with Gasteiger partial charge in [-0.05, 0) is 68.0 Å². The molecule has 3 heterocycles. The van der Waals surface area contributed by atoms with Crippen molar-refractivity contribution in [3.05, 3.63) is 97.9 Å². The molecule has 3 N–H and O–H groups in total. The Morgan fingerprint density at radius 2 is 1.82 bits per heavy atom. The number of fused-ring (bicyclic) bond motifs is 5. The van der Waals surface area contributed by atoms with Crippen molar-refractivity contribution < 1.29 is 14.8 Å². The van der Waals surface area contributed by atoms with Gasteiger partial charge in [0, 0.05) is 33.1 Å². The molecular weight excluding hydrogens is 548 g/mol. The van der Waals surface area contributed by atoms with Gasteiger partial charge in [-0.3, -0.25) is 24.4 Å². The Kier molecular flexibility index (Phi) is 7.22. The zero-order valence-electron chi connectivity index (χ0n) is 21.8. The number of thiophene rings is 1. The van der Waals surface area contributed by atoms with E-state index in [1.807, 2.05) is 31.2 Å². The van der Waals surface area contributed by atoms with Gasteiger partial charge in [-0.15, -0.1) is 21.5 Å². The molecule has 0 fully saturated rings. The number of hydrogen-bond donors (Lipinski definition) is 3. The monoisotopic (exact) mass is 574 g/mol. The fourth-order valence-electron chi connectivity index (χ4n) is 5.33. The Hall–Kier alpha value is -3.86. The third-order valence-corrected chi connectivity index (χ3v) is 8.86. The number of nitrogens with one attached hydrogen (secondary N) is 2. The van der Waals surface area contributed by atoms with Crippen LogP contribution >= 0.6 is 22.9 Å². The molecule has 1 atom stereocenters. The van der Waals surface area contributed by atoms with Crippen molar-refractivity contribution in [2.75, 3.05) is 0 Å². The molecule has 0 saturated heterocycles. The minimum atomic E-state index is -0.590. The van der Waals surface area contributed by atoms with Gasteiger partial charge in [0.1, 0.15) is 16.9 Å². The van der Waals surface area contributed by atoms with Gasteiger partial charge in [0.2, 0.25) is 5.91 Å². The highest BCUT2D eigenvalue weighted by Crippen LogP contribution is 2.42. The topological polar surface area (TPSA) is 122 Å². The van der Waals surface area contributed by atoms with E-state index in [0.717, 1.165) is 52.5 Å². The summed E-state index contributed by atoms with van der Waals surface area (Å²) in [6.45, 7) is 2.22. The van der Waals surface area contributed by atoms with Crippen molar-refractivity contribution in [2.24, 2.45) is 4.99 Å². The van der Waals surface area contributed by atoms with Crippen LogP contribution in [0.3, 0.4) is 0 Å². The molecule has 4 aromatic rings. The molecule has 204 valence electrons. The lowest BCUT2D eigenvalue weighted by molar-refractivity contribution is -0.121. The highest BCUT2D eigenvalue weighted by Gasteiger charge is 2.34. The van der Waals surface area contributed by atoms with Gasteiger partial charge in [-0.2, -0.15) is 0 Å². The van der Waals surface area contributed by atoms with E-state index in [4.69, 9.17) is 21.8 Å². The third-order valence-electron chi connectivity index (χ3n) is 7.33. The van der Waals surface area contributed by atoms with Gasteiger partial charge in [0.15, 0.2) is 5.82 Å². The van der Waals surface area contributed by atoms with Gasteiger partial charge >= 0.3 is 0 Å². The van der Waals surface area contributed by atoms with E-state index in [9.17, 15) is 9.59 Å². The van der Waals surface area contributed by atoms with E-state index in [2.05, 4.69) is 20.1 Å². The molecule has 0 saturated carbocycles. The number of amides is 2. The SMILES string of the molecule is Cc1nnc2n1-c1sc3c(c1C(c1ccc(Cl)cc1)=N[C@H]2CC(=O)NCc1ccc(C(=O)NO)cc1)CCCC3. The first-order valence-corrected chi connectivity index (χ1v) is 14.3. The number of aliphatic imine (C=N–C) groups is 1. The number of carbonyl (C=O) groups is 2. The number of aromatic nitrogens is 3. The van der Waals surface area contributed by atoms with Crippen LogP contribution in [0.15, 0.2) is 53.5 Å². The summed E-state index contributed by atoms with van der Waals surface area (Å²) in [6.07, 6.45) is 4.45. The smallest absolute Gasteiger partial charge is 0.274 e. The molecule has 0 radical (unpaired) electrons. The van der Waals surface area contributed by atoms with Crippen molar-refractivity contribution in [1.82, 2.24) is 25.6 Å². The molecule has 11 heteroatoms. The van der Waals surface area contributed by atoms with Gasteiger partial charge in [0.05, 0.1) is 12.1 Å². The summed E-state index contributed by atoms with van der Waals surface area (Å²) in [5, 5.41) is 22.4. The van der Waals surface area contributed by atoms with Crippen LogP contribution in [0.2, 0.25) is 5.02 Å². The average molecular weight is 575 g/mol.